The van der Waals surface area contributed by atoms with E-state index >= 15 is 0 Å². The number of pyridine rings is 1. The highest BCUT2D eigenvalue weighted by atomic mass is 19.4. The molecule has 9 nitrogen and oxygen atoms in total. The van der Waals surface area contributed by atoms with E-state index in [1.165, 1.54) is 6.20 Å². The number of amides is 2. The van der Waals surface area contributed by atoms with Crippen LogP contribution in [-0.2, 0) is 4.79 Å². The van der Waals surface area contributed by atoms with Crippen molar-refractivity contribution < 1.29 is 32.7 Å². The second-order valence-corrected chi connectivity index (χ2v) is 8.21. The summed E-state index contributed by atoms with van der Waals surface area (Å²) in [5, 5.41) is 7.12. The summed E-state index contributed by atoms with van der Waals surface area (Å²) in [5.41, 5.74) is 1.35. The van der Waals surface area contributed by atoms with Crippen LogP contribution in [0, 0.1) is 5.41 Å². The van der Waals surface area contributed by atoms with E-state index in [1.54, 1.807) is 36.9 Å². The molecule has 0 atom stereocenters. The minimum atomic E-state index is -5.08. The fourth-order valence-corrected chi connectivity index (χ4v) is 4.12. The van der Waals surface area contributed by atoms with Crippen LogP contribution < -0.4 is 0 Å². The third-order valence-electron chi connectivity index (χ3n) is 6.17. The van der Waals surface area contributed by atoms with Gasteiger partial charge in [0.25, 0.3) is 11.8 Å². The van der Waals surface area contributed by atoms with E-state index < -0.39 is 12.1 Å². The van der Waals surface area contributed by atoms with E-state index in [9.17, 15) is 22.8 Å². The summed E-state index contributed by atoms with van der Waals surface area (Å²) < 4.78 is 31.7. The maximum Gasteiger partial charge on any atom is 0.490 e. The van der Waals surface area contributed by atoms with Crippen LogP contribution in [0.15, 0.2) is 43.1 Å². The molecule has 0 bridgehead atoms. The molecule has 2 saturated heterocycles. The Balaban J connectivity index is 0.000000406. The number of carbonyl (C=O) groups is 3. The number of likely N-dealkylation sites (tertiary alicyclic amines) is 2. The SMILES string of the molecule is O=C(O)C(F)(F)F.O=C(c1ccncc1)N1CCC2(CC1)CCN(C(=O)c1cnccn1)CC2. The molecule has 0 unspecified atom stereocenters. The van der Waals surface area contributed by atoms with Crippen LogP contribution in [0.25, 0.3) is 0 Å². The lowest BCUT2D eigenvalue weighted by Gasteiger charge is -2.46. The molecule has 34 heavy (non-hydrogen) atoms. The molecular weight excluding hydrogens is 455 g/mol. The van der Waals surface area contributed by atoms with Gasteiger partial charge in [-0.2, -0.15) is 13.2 Å². The zero-order valence-corrected chi connectivity index (χ0v) is 18.2. The van der Waals surface area contributed by atoms with E-state index in [2.05, 4.69) is 15.0 Å². The highest BCUT2D eigenvalue weighted by Crippen LogP contribution is 2.41. The second-order valence-electron chi connectivity index (χ2n) is 8.21. The Morgan fingerprint density at radius 2 is 1.32 bits per heavy atom. The van der Waals surface area contributed by atoms with Gasteiger partial charge in [0.05, 0.1) is 6.20 Å². The Bertz CT molecular complexity index is 916. The first-order chi connectivity index (χ1) is 16.1. The van der Waals surface area contributed by atoms with Crippen LogP contribution in [-0.4, -0.2) is 80.0 Å². The standard InChI is InChI=1S/C20H23N5O2.C2HF3O2/c26-18(16-1-7-21-8-2-16)24-11-3-20(4-12-24)5-13-25(14-6-20)19(27)17-15-22-9-10-23-17;3-2(4,5)1(6)7/h1-2,7-10,15H,3-6,11-14H2;(H,6,7). The van der Waals surface area contributed by atoms with Crippen molar-refractivity contribution in [3.63, 3.8) is 0 Å². The molecule has 1 N–H and O–H groups in total. The second kappa shape index (κ2) is 10.6. The van der Waals surface area contributed by atoms with Crippen LogP contribution in [0.1, 0.15) is 46.5 Å². The third-order valence-corrected chi connectivity index (χ3v) is 6.17. The molecule has 0 saturated carbocycles. The highest BCUT2D eigenvalue weighted by Gasteiger charge is 2.40. The summed E-state index contributed by atoms with van der Waals surface area (Å²) >= 11 is 0. The van der Waals surface area contributed by atoms with Crippen molar-refractivity contribution in [1.82, 2.24) is 24.8 Å². The molecule has 0 radical (unpaired) electrons. The molecule has 2 aromatic heterocycles. The number of carbonyl (C=O) groups excluding carboxylic acids is 2. The number of halogens is 3. The van der Waals surface area contributed by atoms with E-state index in [0.717, 1.165) is 51.9 Å². The molecular formula is C22H24F3N5O4. The number of carboxylic acids is 1. The molecule has 2 aliphatic rings. The number of hydrogen-bond acceptors (Lipinski definition) is 6. The van der Waals surface area contributed by atoms with Gasteiger partial charge in [-0.1, -0.05) is 0 Å². The first kappa shape index (κ1) is 25.1. The molecule has 2 aromatic rings. The van der Waals surface area contributed by atoms with Gasteiger partial charge in [-0.15, -0.1) is 0 Å². The van der Waals surface area contributed by atoms with Gasteiger partial charge < -0.3 is 14.9 Å². The molecule has 1 spiro atoms. The molecule has 0 aliphatic carbocycles. The minimum absolute atomic E-state index is 0.0387. The zero-order chi connectivity index (χ0) is 24.8. The van der Waals surface area contributed by atoms with Gasteiger partial charge in [0.2, 0.25) is 0 Å². The molecule has 182 valence electrons. The molecule has 2 fully saturated rings. The number of alkyl halides is 3. The maximum atomic E-state index is 12.6. The van der Waals surface area contributed by atoms with Crippen molar-refractivity contribution in [1.29, 1.82) is 0 Å². The lowest BCUT2D eigenvalue weighted by atomic mass is 9.71. The Labute approximate surface area is 193 Å². The lowest BCUT2D eigenvalue weighted by molar-refractivity contribution is -0.192. The maximum absolute atomic E-state index is 12.6. The van der Waals surface area contributed by atoms with E-state index in [4.69, 9.17) is 9.90 Å². The number of aliphatic carboxylic acids is 1. The summed E-state index contributed by atoms with van der Waals surface area (Å²) in [6, 6.07) is 3.53. The van der Waals surface area contributed by atoms with E-state index in [0.29, 0.717) is 11.3 Å². The monoisotopic (exact) mass is 479 g/mol. The van der Waals surface area contributed by atoms with Gasteiger partial charge in [0, 0.05) is 56.5 Å². The lowest BCUT2D eigenvalue weighted by Crippen LogP contribution is -2.49. The number of piperidine rings is 2. The summed E-state index contributed by atoms with van der Waals surface area (Å²) in [7, 11) is 0. The first-order valence-corrected chi connectivity index (χ1v) is 10.7. The van der Waals surface area contributed by atoms with Crippen molar-refractivity contribution in [2.45, 2.75) is 31.9 Å². The topological polar surface area (TPSA) is 117 Å². The largest absolute Gasteiger partial charge is 0.490 e. The minimum Gasteiger partial charge on any atom is -0.475 e. The van der Waals surface area contributed by atoms with Gasteiger partial charge >= 0.3 is 12.1 Å². The van der Waals surface area contributed by atoms with Crippen molar-refractivity contribution in [2.75, 3.05) is 26.2 Å². The summed E-state index contributed by atoms with van der Waals surface area (Å²) in [6.07, 6.45) is 6.83. The Kier molecular flexibility index (Phi) is 7.79. The van der Waals surface area contributed by atoms with Gasteiger partial charge in [-0.3, -0.25) is 19.6 Å². The van der Waals surface area contributed by atoms with Crippen molar-refractivity contribution >= 4 is 17.8 Å². The predicted molar refractivity (Wildman–Crippen MR) is 113 cm³/mol. The number of aromatic nitrogens is 3. The zero-order valence-electron chi connectivity index (χ0n) is 18.2. The van der Waals surface area contributed by atoms with Crippen molar-refractivity contribution in [3.05, 3.63) is 54.4 Å². The molecule has 2 aliphatic heterocycles. The number of rotatable bonds is 2. The Morgan fingerprint density at radius 1 is 0.824 bits per heavy atom. The smallest absolute Gasteiger partial charge is 0.475 e. The van der Waals surface area contributed by atoms with Gasteiger partial charge in [-0.25, -0.2) is 9.78 Å². The number of nitrogens with zero attached hydrogens (tertiary/aromatic N) is 5. The van der Waals surface area contributed by atoms with Crippen LogP contribution in [0.2, 0.25) is 0 Å². The van der Waals surface area contributed by atoms with Crippen molar-refractivity contribution in [3.8, 4) is 0 Å². The van der Waals surface area contributed by atoms with Crippen LogP contribution in [0.4, 0.5) is 13.2 Å². The van der Waals surface area contributed by atoms with Gasteiger partial charge in [0.1, 0.15) is 5.69 Å². The normalized spacial score (nSPS) is 17.5. The molecule has 4 rings (SSSR count). The fraction of sp³-hybridized carbons (Fsp3) is 0.455. The quantitative estimate of drug-likeness (QED) is 0.704. The molecule has 2 amide bonds. The summed E-state index contributed by atoms with van der Waals surface area (Å²) in [6.45, 7) is 3.04. The third kappa shape index (κ3) is 6.27. The van der Waals surface area contributed by atoms with E-state index in [-0.39, 0.29) is 17.2 Å². The molecule has 0 aromatic carbocycles. The molecule has 12 heteroatoms. The Morgan fingerprint density at radius 3 is 1.76 bits per heavy atom. The Hall–Kier alpha value is -3.57. The van der Waals surface area contributed by atoms with Crippen molar-refractivity contribution in [2.24, 2.45) is 5.41 Å². The van der Waals surface area contributed by atoms with Crippen LogP contribution in [0.3, 0.4) is 0 Å². The number of carboxylic acid groups (broad SMARTS) is 1. The fourth-order valence-electron chi connectivity index (χ4n) is 4.12. The van der Waals surface area contributed by atoms with Crippen LogP contribution >= 0.6 is 0 Å². The summed E-state index contributed by atoms with van der Waals surface area (Å²) in [4.78, 5) is 49.9. The number of hydrogen-bond donors (Lipinski definition) is 1. The van der Waals surface area contributed by atoms with E-state index in [1.807, 2.05) is 9.80 Å². The van der Waals surface area contributed by atoms with Gasteiger partial charge in [-0.05, 0) is 43.2 Å². The predicted octanol–water partition coefficient (Wildman–Crippen LogP) is 2.66. The van der Waals surface area contributed by atoms with Crippen LogP contribution in [0.5, 0.6) is 0 Å². The molecule has 4 heterocycles. The highest BCUT2D eigenvalue weighted by molar-refractivity contribution is 5.94. The average Bonchev–Trinajstić information content (AvgIpc) is 2.85. The van der Waals surface area contributed by atoms with Gasteiger partial charge in [0.15, 0.2) is 0 Å². The average molecular weight is 479 g/mol. The summed E-state index contributed by atoms with van der Waals surface area (Å²) in [5.74, 6) is -2.71. The first-order valence-electron chi connectivity index (χ1n) is 10.7.